The van der Waals surface area contributed by atoms with Gasteiger partial charge in [0.1, 0.15) is 0 Å². The average molecular weight is 345 g/mol. The second-order valence-electron chi connectivity index (χ2n) is 5.63. The third-order valence-electron chi connectivity index (χ3n) is 3.87. The predicted molar refractivity (Wildman–Crippen MR) is 93.3 cm³/mol. The Hall–Kier alpha value is -2.53. The van der Waals surface area contributed by atoms with Gasteiger partial charge in [-0.1, -0.05) is 29.8 Å². The van der Waals surface area contributed by atoms with Crippen molar-refractivity contribution in [3.8, 4) is 0 Å². The average Bonchev–Trinajstić information content (AvgIpc) is 2.84. The summed E-state index contributed by atoms with van der Waals surface area (Å²) in [4.78, 5) is 23.4. The van der Waals surface area contributed by atoms with Crippen LogP contribution in [0.15, 0.2) is 51.7 Å². The van der Waals surface area contributed by atoms with Crippen molar-refractivity contribution in [1.29, 1.82) is 0 Å². The second-order valence-corrected chi connectivity index (χ2v) is 6.07. The number of oxazole rings is 1. The zero-order valence-corrected chi connectivity index (χ0v) is 14.0. The van der Waals surface area contributed by atoms with E-state index in [4.69, 9.17) is 16.0 Å². The van der Waals surface area contributed by atoms with Crippen LogP contribution in [-0.4, -0.2) is 17.0 Å². The molecule has 0 saturated carbocycles. The largest absolute Gasteiger partial charge is 0.419 e. The molecule has 0 aliphatic rings. The third kappa shape index (κ3) is 3.68. The Balaban J connectivity index is 1.56. The number of amides is 1. The second kappa shape index (κ2) is 6.93. The molecule has 0 atom stereocenters. The van der Waals surface area contributed by atoms with Crippen LogP contribution >= 0.6 is 11.6 Å². The maximum Gasteiger partial charge on any atom is 0.419 e. The van der Waals surface area contributed by atoms with E-state index in [0.29, 0.717) is 30.0 Å². The molecule has 0 spiro atoms. The molecule has 0 bridgehead atoms. The summed E-state index contributed by atoms with van der Waals surface area (Å²) in [6, 6.07) is 12.8. The molecule has 3 aromatic rings. The van der Waals surface area contributed by atoms with Crippen molar-refractivity contribution < 1.29 is 9.21 Å². The lowest BCUT2D eigenvalue weighted by molar-refractivity contribution is -0.120. The number of carbonyl (C=O) groups is 1. The number of carbonyl (C=O) groups excluding carboxylic acids is 1. The van der Waals surface area contributed by atoms with Crippen molar-refractivity contribution in [3.63, 3.8) is 0 Å². The van der Waals surface area contributed by atoms with E-state index in [9.17, 15) is 9.59 Å². The van der Waals surface area contributed by atoms with Crippen LogP contribution in [0.25, 0.3) is 11.1 Å². The first-order valence-corrected chi connectivity index (χ1v) is 8.00. The van der Waals surface area contributed by atoms with E-state index < -0.39 is 0 Å². The Morgan fingerprint density at radius 3 is 2.62 bits per heavy atom. The zero-order chi connectivity index (χ0) is 17.1. The summed E-state index contributed by atoms with van der Waals surface area (Å²) in [6.07, 6.45) is 1.01. The number of nitrogens with zero attached hydrogens (tertiary/aromatic N) is 1. The Morgan fingerprint density at radius 2 is 1.88 bits per heavy atom. The maximum absolute atomic E-state index is 12.0. The SMILES string of the molecule is Cn1c(=O)oc2ccc(CCNC(=O)Cc3ccc(Cl)cc3)cc21. The van der Waals surface area contributed by atoms with Crippen molar-refractivity contribution >= 4 is 28.6 Å². The third-order valence-corrected chi connectivity index (χ3v) is 4.12. The molecule has 2 aromatic carbocycles. The molecule has 6 heteroatoms. The molecule has 0 aliphatic heterocycles. The highest BCUT2D eigenvalue weighted by atomic mass is 35.5. The molecule has 1 heterocycles. The first kappa shape index (κ1) is 16.3. The topological polar surface area (TPSA) is 64.2 Å². The van der Waals surface area contributed by atoms with E-state index >= 15 is 0 Å². The van der Waals surface area contributed by atoms with Crippen LogP contribution in [0.1, 0.15) is 11.1 Å². The normalized spacial score (nSPS) is 10.9. The minimum atomic E-state index is -0.376. The lowest BCUT2D eigenvalue weighted by Gasteiger charge is -2.06. The number of aromatic nitrogens is 1. The number of halogens is 1. The van der Waals surface area contributed by atoms with Gasteiger partial charge in [0.2, 0.25) is 5.91 Å². The van der Waals surface area contributed by atoms with Crippen molar-refractivity contribution in [2.45, 2.75) is 12.8 Å². The van der Waals surface area contributed by atoms with Crippen molar-refractivity contribution in [3.05, 3.63) is 69.2 Å². The summed E-state index contributed by atoms with van der Waals surface area (Å²) in [5.41, 5.74) is 3.28. The summed E-state index contributed by atoms with van der Waals surface area (Å²) in [5.74, 6) is -0.410. The Labute approximate surface area is 143 Å². The van der Waals surface area contributed by atoms with E-state index in [1.807, 2.05) is 24.3 Å². The summed E-state index contributed by atoms with van der Waals surface area (Å²) in [6.45, 7) is 0.531. The van der Waals surface area contributed by atoms with Crippen LogP contribution in [0.4, 0.5) is 0 Å². The van der Waals surface area contributed by atoms with Gasteiger partial charge in [-0.05, 0) is 41.8 Å². The molecule has 0 fully saturated rings. The molecule has 1 amide bonds. The maximum atomic E-state index is 12.0. The molecule has 3 rings (SSSR count). The molecule has 0 radical (unpaired) electrons. The van der Waals surface area contributed by atoms with Gasteiger partial charge in [0.25, 0.3) is 0 Å². The van der Waals surface area contributed by atoms with Crippen LogP contribution in [0.5, 0.6) is 0 Å². The fraction of sp³-hybridized carbons (Fsp3) is 0.222. The lowest BCUT2D eigenvalue weighted by Crippen LogP contribution is -2.27. The molecule has 0 unspecified atom stereocenters. The first-order chi connectivity index (χ1) is 11.5. The smallest absolute Gasteiger partial charge is 0.408 e. The summed E-state index contributed by atoms with van der Waals surface area (Å²) >= 11 is 5.83. The van der Waals surface area contributed by atoms with Crippen LogP contribution in [0.3, 0.4) is 0 Å². The van der Waals surface area contributed by atoms with Crippen LogP contribution in [0, 0.1) is 0 Å². The summed E-state index contributed by atoms with van der Waals surface area (Å²) in [5, 5.41) is 3.55. The number of hydrogen-bond donors (Lipinski definition) is 1. The first-order valence-electron chi connectivity index (χ1n) is 7.62. The minimum absolute atomic E-state index is 0.0332. The molecule has 24 heavy (non-hydrogen) atoms. The molecule has 1 aromatic heterocycles. The van der Waals surface area contributed by atoms with E-state index in [1.165, 1.54) is 4.57 Å². The monoisotopic (exact) mass is 344 g/mol. The lowest BCUT2D eigenvalue weighted by atomic mass is 10.1. The quantitative estimate of drug-likeness (QED) is 0.774. The fourth-order valence-corrected chi connectivity index (χ4v) is 2.65. The molecular formula is C18H17ClN2O3. The van der Waals surface area contributed by atoms with Gasteiger partial charge in [0, 0.05) is 18.6 Å². The van der Waals surface area contributed by atoms with Gasteiger partial charge in [0.05, 0.1) is 11.9 Å². The Morgan fingerprint density at radius 1 is 1.17 bits per heavy atom. The van der Waals surface area contributed by atoms with Gasteiger partial charge in [-0.15, -0.1) is 0 Å². The molecule has 5 nitrogen and oxygen atoms in total. The molecule has 124 valence electrons. The molecule has 0 aliphatic carbocycles. The standard InChI is InChI=1S/C18H17ClN2O3/c1-21-15-10-13(4-7-16(15)24-18(21)23)8-9-20-17(22)11-12-2-5-14(19)6-3-12/h2-7,10H,8-9,11H2,1H3,(H,20,22). The van der Waals surface area contributed by atoms with Crippen molar-refractivity contribution in [2.75, 3.05) is 6.54 Å². The van der Waals surface area contributed by atoms with Gasteiger partial charge >= 0.3 is 5.76 Å². The van der Waals surface area contributed by atoms with E-state index in [1.54, 1.807) is 25.2 Å². The van der Waals surface area contributed by atoms with E-state index in [-0.39, 0.29) is 11.7 Å². The van der Waals surface area contributed by atoms with Gasteiger partial charge in [-0.25, -0.2) is 4.79 Å². The van der Waals surface area contributed by atoms with Gasteiger partial charge < -0.3 is 9.73 Å². The predicted octanol–water partition coefficient (Wildman–Crippen LogP) is 2.69. The van der Waals surface area contributed by atoms with Crippen LogP contribution < -0.4 is 11.1 Å². The number of benzene rings is 2. The van der Waals surface area contributed by atoms with Gasteiger partial charge in [-0.3, -0.25) is 9.36 Å². The highest BCUT2D eigenvalue weighted by Crippen LogP contribution is 2.14. The van der Waals surface area contributed by atoms with Crippen LogP contribution in [-0.2, 0) is 24.7 Å². The van der Waals surface area contributed by atoms with E-state index in [0.717, 1.165) is 16.6 Å². The Bertz CT molecular complexity index is 926. The zero-order valence-electron chi connectivity index (χ0n) is 13.2. The number of rotatable bonds is 5. The highest BCUT2D eigenvalue weighted by Gasteiger charge is 2.07. The summed E-state index contributed by atoms with van der Waals surface area (Å²) < 4.78 is 6.57. The molecular weight excluding hydrogens is 328 g/mol. The van der Waals surface area contributed by atoms with E-state index in [2.05, 4.69) is 5.32 Å². The fourth-order valence-electron chi connectivity index (χ4n) is 2.52. The number of aryl methyl sites for hydroxylation is 1. The number of nitrogens with one attached hydrogen (secondary N) is 1. The van der Waals surface area contributed by atoms with Crippen LogP contribution in [0.2, 0.25) is 5.02 Å². The highest BCUT2D eigenvalue weighted by molar-refractivity contribution is 6.30. The molecule has 0 saturated heterocycles. The molecule has 1 N–H and O–H groups in total. The number of hydrogen-bond acceptors (Lipinski definition) is 3. The Kier molecular flexibility index (Phi) is 4.71. The van der Waals surface area contributed by atoms with Crippen molar-refractivity contribution in [2.24, 2.45) is 7.05 Å². The number of fused-ring (bicyclic) bond motifs is 1. The van der Waals surface area contributed by atoms with Gasteiger partial charge in [0.15, 0.2) is 5.58 Å². The van der Waals surface area contributed by atoms with Crippen molar-refractivity contribution in [1.82, 2.24) is 9.88 Å². The minimum Gasteiger partial charge on any atom is -0.408 e. The van der Waals surface area contributed by atoms with Gasteiger partial charge in [-0.2, -0.15) is 0 Å². The summed E-state index contributed by atoms with van der Waals surface area (Å²) in [7, 11) is 1.67.